The van der Waals surface area contributed by atoms with Gasteiger partial charge in [0.2, 0.25) is 0 Å². The van der Waals surface area contributed by atoms with Crippen molar-refractivity contribution in [3.63, 3.8) is 0 Å². The molecule has 1 aliphatic carbocycles. The number of nitrogens with zero attached hydrogens (tertiary/aromatic N) is 5. The molecule has 3 aromatic carbocycles. The van der Waals surface area contributed by atoms with E-state index in [1.165, 1.54) is 46.4 Å². The lowest BCUT2D eigenvalue weighted by molar-refractivity contribution is -0.274. The van der Waals surface area contributed by atoms with Gasteiger partial charge in [-0.2, -0.15) is 4.99 Å². The Labute approximate surface area is 282 Å². The SMILES string of the molecule is Cc1cccc(N2C(=NC(=O)NC3CCCC3c3ccc(-c4ncn(-c5ccc(OC(F)(F)F)cc5)n4)cc3)SCCC2C)c1C(C)C. The van der Waals surface area contributed by atoms with Crippen molar-refractivity contribution in [2.75, 3.05) is 10.7 Å². The van der Waals surface area contributed by atoms with E-state index in [1.54, 1.807) is 11.8 Å². The minimum Gasteiger partial charge on any atom is -0.406 e. The van der Waals surface area contributed by atoms with Crippen molar-refractivity contribution in [1.29, 1.82) is 0 Å². The number of rotatable bonds is 7. The lowest BCUT2D eigenvalue weighted by Gasteiger charge is -2.37. The Morgan fingerprint density at radius 3 is 2.50 bits per heavy atom. The van der Waals surface area contributed by atoms with Crippen molar-refractivity contribution in [1.82, 2.24) is 20.1 Å². The number of aryl methyl sites for hydroxylation is 1. The lowest BCUT2D eigenvalue weighted by atomic mass is 9.93. The molecule has 4 aromatic rings. The fourth-order valence-corrected chi connectivity index (χ4v) is 7.98. The average Bonchev–Trinajstić information content (AvgIpc) is 3.71. The summed E-state index contributed by atoms with van der Waals surface area (Å²) < 4.78 is 42.9. The van der Waals surface area contributed by atoms with Gasteiger partial charge < -0.3 is 15.0 Å². The van der Waals surface area contributed by atoms with E-state index in [2.05, 4.69) is 75.9 Å². The summed E-state index contributed by atoms with van der Waals surface area (Å²) in [5, 5.41) is 8.48. The highest BCUT2D eigenvalue weighted by molar-refractivity contribution is 8.14. The number of urea groups is 1. The number of amides is 2. The lowest BCUT2D eigenvalue weighted by Crippen LogP contribution is -2.43. The van der Waals surface area contributed by atoms with Crippen LogP contribution >= 0.6 is 11.8 Å². The maximum Gasteiger partial charge on any atom is 0.573 e. The number of hydrogen-bond acceptors (Lipinski definition) is 5. The Bertz CT molecular complexity index is 1770. The molecule has 6 rings (SSSR count). The first-order valence-corrected chi connectivity index (χ1v) is 17.2. The molecule has 1 N–H and O–H groups in total. The number of ether oxygens (including phenoxy) is 1. The highest BCUT2D eigenvalue weighted by Gasteiger charge is 2.33. The van der Waals surface area contributed by atoms with Crippen LogP contribution < -0.4 is 15.0 Å². The fraction of sp³-hybridized carbons (Fsp3) is 0.389. The van der Waals surface area contributed by atoms with Gasteiger partial charge in [0, 0.05) is 35.0 Å². The normalized spacial score (nSPS) is 20.8. The molecule has 0 radical (unpaired) electrons. The molecular weight excluding hydrogens is 637 g/mol. The molecule has 252 valence electrons. The predicted octanol–water partition coefficient (Wildman–Crippen LogP) is 9.00. The molecule has 0 spiro atoms. The summed E-state index contributed by atoms with van der Waals surface area (Å²) in [6.45, 7) is 8.75. The summed E-state index contributed by atoms with van der Waals surface area (Å²) in [5.41, 5.74) is 6.14. The number of halogens is 3. The van der Waals surface area contributed by atoms with E-state index in [4.69, 9.17) is 0 Å². The molecule has 48 heavy (non-hydrogen) atoms. The van der Waals surface area contributed by atoms with Crippen molar-refractivity contribution in [2.45, 2.75) is 83.7 Å². The highest BCUT2D eigenvalue weighted by Crippen LogP contribution is 2.38. The summed E-state index contributed by atoms with van der Waals surface area (Å²) in [5.74, 6) is 1.60. The molecular formula is C36H39F3N6O2S. The first-order valence-electron chi connectivity index (χ1n) is 16.3. The summed E-state index contributed by atoms with van der Waals surface area (Å²) in [6.07, 6.45) is 0.626. The number of benzene rings is 3. The van der Waals surface area contributed by atoms with Gasteiger partial charge in [-0.3, -0.25) is 0 Å². The third kappa shape index (κ3) is 7.53. The zero-order valence-corrected chi connectivity index (χ0v) is 28.2. The molecule has 3 atom stereocenters. The Hall–Kier alpha value is -4.32. The van der Waals surface area contributed by atoms with Gasteiger partial charge in [-0.25, -0.2) is 14.5 Å². The monoisotopic (exact) mass is 676 g/mol. The minimum atomic E-state index is -4.75. The van der Waals surface area contributed by atoms with Crippen LogP contribution in [0.1, 0.15) is 75.0 Å². The van der Waals surface area contributed by atoms with Crippen LogP contribution in [0.15, 0.2) is 78.0 Å². The van der Waals surface area contributed by atoms with Crippen LogP contribution in [0.25, 0.3) is 17.1 Å². The number of aromatic nitrogens is 3. The van der Waals surface area contributed by atoms with E-state index in [1.807, 2.05) is 24.3 Å². The highest BCUT2D eigenvalue weighted by atomic mass is 32.2. The third-order valence-corrected chi connectivity index (χ3v) is 9.98. The first kappa shape index (κ1) is 33.6. The van der Waals surface area contributed by atoms with Crippen LogP contribution in [0, 0.1) is 6.92 Å². The van der Waals surface area contributed by atoms with E-state index < -0.39 is 6.36 Å². The van der Waals surface area contributed by atoms with E-state index in [9.17, 15) is 18.0 Å². The van der Waals surface area contributed by atoms with Crippen molar-refractivity contribution in [3.05, 3.63) is 89.7 Å². The van der Waals surface area contributed by atoms with Crippen molar-refractivity contribution in [2.24, 2.45) is 4.99 Å². The maximum absolute atomic E-state index is 13.4. The Kier molecular flexibility index (Phi) is 9.82. The van der Waals surface area contributed by atoms with E-state index >= 15 is 0 Å². The zero-order valence-electron chi connectivity index (χ0n) is 27.4. The van der Waals surface area contributed by atoms with Crippen LogP contribution in [0.3, 0.4) is 0 Å². The second kappa shape index (κ2) is 14.0. The van der Waals surface area contributed by atoms with E-state index in [-0.39, 0.29) is 29.8 Å². The number of carbonyl (C=O) groups excluding carboxylic acids is 1. The topological polar surface area (TPSA) is 84.6 Å². The third-order valence-electron chi connectivity index (χ3n) is 9.00. The molecule has 3 unspecified atom stereocenters. The number of thioether (sulfide) groups is 1. The first-order chi connectivity index (χ1) is 23.0. The van der Waals surface area contributed by atoms with Gasteiger partial charge in [0.15, 0.2) is 11.0 Å². The Balaban J connectivity index is 1.14. The number of carbonyl (C=O) groups is 1. The summed E-state index contributed by atoms with van der Waals surface area (Å²) >= 11 is 1.64. The smallest absolute Gasteiger partial charge is 0.406 e. The van der Waals surface area contributed by atoms with Crippen LogP contribution in [-0.4, -0.2) is 50.2 Å². The number of nitrogens with one attached hydrogen (secondary N) is 1. The van der Waals surface area contributed by atoms with Crippen LogP contribution in [0.4, 0.5) is 23.7 Å². The number of aliphatic imine (C=N–C) groups is 1. The van der Waals surface area contributed by atoms with E-state index in [0.717, 1.165) is 53.4 Å². The average molecular weight is 677 g/mol. The summed E-state index contributed by atoms with van der Waals surface area (Å²) in [4.78, 5) is 24.7. The van der Waals surface area contributed by atoms with Gasteiger partial charge in [-0.05, 0) is 86.1 Å². The molecule has 1 aromatic heterocycles. The Morgan fingerprint density at radius 2 is 1.79 bits per heavy atom. The van der Waals surface area contributed by atoms with Gasteiger partial charge in [0.05, 0.1) is 5.69 Å². The molecule has 2 heterocycles. The second-order valence-corrected chi connectivity index (χ2v) is 13.7. The Morgan fingerprint density at radius 1 is 1.04 bits per heavy atom. The molecule has 1 saturated heterocycles. The molecule has 12 heteroatoms. The van der Waals surface area contributed by atoms with Gasteiger partial charge in [-0.15, -0.1) is 18.3 Å². The number of hydrogen-bond donors (Lipinski definition) is 1. The van der Waals surface area contributed by atoms with Gasteiger partial charge in [-0.1, -0.05) is 68.4 Å². The quantitative estimate of drug-likeness (QED) is 0.210. The minimum absolute atomic E-state index is 0.0287. The van der Waals surface area contributed by atoms with Gasteiger partial charge in [0.25, 0.3) is 0 Å². The van der Waals surface area contributed by atoms with Gasteiger partial charge in [0.1, 0.15) is 12.1 Å². The zero-order chi connectivity index (χ0) is 34.0. The largest absolute Gasteiger partial charge is 0.573 e. The molecule has 2 amide bonds. The number of alkyl halides is 3. The molecule has 1 aliphatic heterocycles. The summed E-state index contributed by atoms with van der Waals surface area (Å²) in [7, 11) is 0. The number of anilines is 1. The molecule has 2 fully saturated rings. The molecule has 2 aliphatic rings. The van der Waals surface area contributed by atoms with Crippen molar-refractivity contribution in [3.8, 4) is 22.8 Å². The molecule has 0 bridgehead atoms. The molecule has 8 nitrogen and oxygen atoms in total. The van der Waals surface area contributed by atoms with Crippen LogP contribution in [0.5, 0.6) is 5.75 Å². The second-order valence-electron chi connectivity index (χ2n) is 12.7. The van der Waals surface area contributed by atoms with Crippen LogP contribution in [0.2, 0.25) is 0 Å². The van der Waals surface area contributed by atoms with E-state index in [0.29, 0.717) is 17.4 Å². The maximum atomic E-state index is 13.4. The number of amidine groups is 1. The van der Waals surface area contributed by atoms with Gasteiger partial charge >= 0.3 is 12.4 Å². The standard InChI is InChI=1S/C36H39F3N6O2S/c1-22(2)32-23(3)7-5-10-31(32)45-24(4)19-20-48-35(45)42-34(46)41-30-9-6-8-29(30)25-11-13-26(14-12-25)33-40-21-44(43-33)27-15-17-28(18-16-27)47-36(37,38)39/h5,7,10-18,21-22,24,29-30H,6,8-9,19-20H2,1-4H3,(H,41,46). The van der Waals surface area contributed by atoms with Crippen molar-refractivity contribution >= 4 is 28.6 Å². The van der Waals surface area contributed by atoms with Crippen molar-refractivity contribution < 1.29 is 22.7 Å². The summed E-state index contributed by atoms with van der Waals surface area (Å²) in [6, 6.07) is 19.7. The predicted molar refractivity (Wildman–Crippen MR) is 184 cm³/mol. The fourth-order valence-electron chi connectivity index (χ4n) is 6.77. The molecule has 1 saturated carbocycles. The van der Waals surface area contributed by atoms with Crippen LogP contribution in [-0.2, 0) is 0 Å².